The van der Waals surface area contributed by atoms with Crippen LogP contribution in [-0.4, -0.2) is 28.9 Å². The second-order valence-electron chi connectivity index (χ2n) is 5.46. The van der Waals surface area contributed by atoms with Gasteiger partial charge in [0.2, 0.25) is 5.91 Å². The molecule has 7 heteroatoms. The third-order valence-electron chi connectivity index (χ3n) is 3.91. The highest BCUT2D eigenvalue weighted by Crippen LogP contribution is 2.27. The first-order chi connectivity index (χ1) is 11.1. The molecule has 0 bridgehead atoms. The molecule has 0 saturated carbocycles. The number of halogens is 2. The molecule has 23 heavy (non-hydrogen) atoms. The number of rotatable bonds is 4. The maximum atomic E-state index is 12.3. The lowest BCUT2D eigenvalue weighted by atomic mass is 9.99. The molecule has 1 aliphatic rings. The SMILES string of the molecule is O=C(Nc1ccnn1Cc1cccc(Cl)c1Cl)C1CCOCC1. The zero-order valence-electron chi connectivity index (χ0n) is 12.5. The number of nitrogens with zero attached hydrogens (tertiary/aromatic N) is 2. The summed E-state index contributed by atoms with van der Waals surface area (Å²) in [6.45, 7) is 1.71. The molecule has 2 aromatic rings. The van der Waals surface area contributed by atoms with Crippen molar-refractivity contribution in [2.75, 3.05) is 18.5 Å². The Hall–Kier alpha value is -1.56. The van der Waals surface area contributed by atoms with Crippen LogP contribution in [0.15, 0.2) is 30.5 Å². The van der Waals surface area contributed by atoms with Gasteiger partial charge in [0, 0.05) is 25.2 Å². The summed E-state index contributed by atoms with van der Waals surface area (Å²) in [4.78, 5) is 12.3. The fourth-order valence-electron chi connectivity index (χ4n) is 2.58. The Morgan fingerprint density at radius 1 is 1.30 bits per heavy atom. The highest BCUT2D eigenvalue weighted by Gasteiger charge is 2.22. The van der Waals surface area contributed by atoms with Crippen LogP contribution in [-0.2, 0) is 16.1 Å². The van der Waals surface area contributed by atoms with E-state index in [0.717, 1.165) is 18.4 Å². The van der Waals surface area contributed by atoms with E-state index in [1.807, 2.05) is 12.1 Å². The molecule has 1 aliphatic heterocycles. The Balaban J connectivity index is 1.72. The predicted molar refractivity (Wildman–Crippen MR) is 90.0 cm³/mol. The van der Waals surface area contributed by atoms with Gasteiger partial charge >= 0.3 is 0 Å². The normalized spacial score (nSPS) is 15.6. The number of hydrogen-bond acceptors (Lipinski definition) is 3. The van der Waals surface area contributed by atoms with Gasteiger partial charge in [-0.1, -0.05) is 35.3 Å². The minimum absolute atomic E-state index is 0.00670. The van der Waals surface area contributed by atoms with Crippen molar-refractivity contribution in [3.8, 4) is 0 Å². The molecular formula is C16H17Cl2N3O2. The van der Waals surface area contributed by atoms with E-state index < -0.39 is 0 Å². The standard InChI is InChI=1S/C16H17Cl2N3O2/c17-13-3-1-2-12(15(13)18)10-21-14(4-7-19-21)20-16(22)11-5-8-23-9-6-11/h1-4,7,11H,5-6,8-10H2,(H,20,22). The van der Waals surface area contributed by atoms with Crippen LogP contribution in [0.5, 0.6) is 0 Å². The minimum Gasteiger partial charge on any atom is -0.381 e. The van der Waals surface area contributed by atoms with Crippen LogP contribution in [0.25, 0.3) is 0 Å². The van der Waals surface area contributed by atoms with Gasteiger partial charge in [0.05, 0.1) is 22.8 Å². The van der Waals surface area contributed by atoms with Crippen LogP contribution in [0.3, 0.4) is 0 Å². The summed E-state index contributed by atoms with van der Waals surface area (Å²) in [6, 6.07) is 7.24. The Morgan fingerprint density at radius 3 is 2.87 bits per heavy atom. The zero-order valence-corrected chi connectivity index (χ0v) is 14.0. The van der Waals surface area contributed by atoms with E-state index in [1.54, 1.807) is 23.0 Å². The Kier molecular flexibility index (Phi) is 5.20. The van der Waals surface area contributed by atoms with Crippen LogP contribution in [0.2, 0.25) is 10.0 Å². The van der Waals surface area contributed by atoms with Crippen LogP contribution < -0.4 is 5.32 Å². The number of ether oxygens (including phenoxy) is 1. The monoisotopic (exact) mass is 353 g/mol. The quantitative estimate of drug-likeness (QED) is 0.913. The van der Waals surface area contributed by atoms with E-state index >= 15 is 0 Å². The van der Waals surface area contributed by atoms with Gasteiger partial charge in [-0.05, 0) is 24.5 Å². The third-order valence-corrected chi connectivity index (χ3v) is 4.77. The van der Waals surface area contributed by atoms with Gasteiger partial charge < -0.3 is 10.1 Å². The fourth-order valence-corrected chi connectivity index (χ4v) is 2.96. The lowest BCUT2D eigenvalue weighted by molar-refractivity contribution is -0.122. The highest BCUT2D eigenvalue weighted by molar-refractivity contribution is 6.42. The first-order valence-corrected chi connectivity index (χ1v) is 8.24. The summed E-state index contributed by atoms with van der Waals surface area (Å²) < 4.78 is 6.99. The van der Waals surface area contributed by atoms with Crippen molar-refractivity contribution in [2.45, 2.75) is 19.4 Å². The largest absolute Gasteiger partial charge is 0.381 e. The Bertz CT molecular complexity index is 696. The van der Waals surface area contributed by atoms with Crippen LogP contribution in [0.1, 0.15) is 18.4 Å². The zero-order chi connectivity index (χ0) is 16.2. The molecule has 0 atom stereocenters. The maximum Gasteiger partial charge on any atom is 0.228 e. The van der Waals surface area contributed by atoms with Gasteiger partial charge in [0.15, 0.2) is 0 Å². The fraction of sp³-hybridized carbons (Fsp3) is 0.375. The van der Waals surface area contributed by atoms with E-state index in [2.05, 4.69) is 10.4 Å². The van der Waals surface area contributed by atoms with Crippen molar-refractivity contribution in [1.29, 1.82) is 0 Å². The number of benzene rings is 1. The summed E-state index contributed by atoms with van der Waals surface area (Å²) in [6.07, 6.45) is 3.15. The third kappa shape index (κ3) is 3.86. The second kappa shape index (κ2) is 7.34. The van der Waals surface area contributed by atoms with E-state index in [1.165, 1.54) is 0 Å². The molecule has 1 aromatic carbocycles. The molecule has 0 spiro atoms. The number of nitrogens with one attached hydrogen (secondary N) is 1. The number of hydrogen-bond donors (Lipinski definition) is 1. The topological polar surface area (TPSA) is 56.2 Å². The molecule has 0 radical (unpaired) electrons. The summed E-state index contributed by atoms with van der Waals surface area (Å²) in [5.74, 6) is 0.645. The van der Waals surface area contributed by atoms with Gasteiger partial charge in [0.25, 0.3) is 0 Å². The summed E-state index contributed by atoms with van der Waals surface area (Å²) >= 11 is 12.3. The second-order valence-corrected chi connectivity index (χ2v) is 6.25. The molecule has 1 N–H and O–H groups in total. The lowest BCUT2D eigenvalue weighted by Crippen LogP contribution is -2.29. The van der Waals surface area contributed by atoms with E-state index in [4.69, 9.17) is 27.9 Å². The van der Waals surface area contributed by atoms with E-state index in [9.17, 15) is 4.79 Å². The van der Waals surface area contributed by atoms with Crippen LogP contribution in [0, 0.1) is 5.92 Å². The Labute approximate surface area is 144 Å². The van der Waals surface area contributed by atoms with Gasteiger partial charge in [-0.25, -0.2) is 4.68 Å². The first kappa shape index (κ1) is 16.3. The molecule has 0 aliphatic carbocycles. The molecule has 1 amide bonds. The summed E-state index contributed by atoms with van der Waals surface area (Å²) in [5.41, 5.74) is 0.851. The molecule has 1 saturated heterocycles. The molecule has 0 unspecified atom stereocenters. The first-order valence-electron chi connectivity index (χ1n) is 7.48. The minimum atomic E-state index is -0.0122. The van der Waals surface area contributed by atoms with Crippen LogP contribution in [0.4, 0.5) is 5.82 Å². The summed E-state index contributed by atoms with van der Waals surface area (Å²) in [7, 11) is 0. The molecule has 3 rings (SSSR count). The predicted octanol–water partition coefficient (Wildman–Crippen LogP) is 3.60. The number of amides is 1. The van der Waals surface area contributed by atoms with Gasteiger partial charge in [-0.3, -0.25) is 4.79 Å². The molecule has 1 fully saturated rings. The Morgan fingerprint density at radius 2 is 2.09 bits per heavy atom. The molecule has 122 valence electrons. The maximum absolute atomic E-state index is 12.3. The number of carbonyl (C=O) groups is 1. The van der Waals surface area contributed by atoms with Crippen molar-refractivity contribution in [3.05, 3.63) is 46.1 Å². The van der Waals surface area contributed by atoms with Crippen molar-refractivity contribution in [2.24, 2.45) is 5.92 Å². The molecular weight excluding hydrogens is 337 g/mol. The van der Waals surface area contributed by atoms with Gasteiger partial charge in [-0.15, -0.1) is 0 Å². The van der Waals surface area contributed by atoms with E-state index in [-0.39, 0.29) is 11.8 Å². The lowest BCUT2D eigenvalue weighted by Gasteiger charge is -2.21. The molecule has 5 nitrogen and oxygen atoms in total. The van der Waals surface area contributed by atoms with Crippen molar-refractivity contribution >= 4 is 34.9 Å². The molecule has 1 aromatic heterocycles. The average molecular weight is 354 g/mol. The van der Waals surface area contributed by atoms with Crippen molar-refractivity contribution in [1.82, 2.24) is 9.78 Å². The number of anilines is 1. The van der Waals surface area contributed by atoms with E-state index in [0.29, 0.717) is 35.6 Å². The smallest absolute Gasteiger partial charge is 0.228 e. The van der Waals surface area contributed by atoms with Gasteiger partial charge in [-0.2, -0.15) is 5.10 Å². The summed E-state index contributed by atoms with van der Waals surface area (Å²) in [5, 5.41) is 8.21. The number of carbonyl (C=O) groups excluding carboxylic acids is 1. The average Bonchev–Trinajstić information content (AvgIpc) is 2.99. The van der Waals surface area contributed by atoms with Gasteiger partial charge in [0.1, 0.15) is 5.82 Å². The van der Waals surface area contributed by atoms with Crippen molar-refractivity contribution < 1.29 is 9.53 Å². The van der Waals surface area contributed by atoms with Crippen molar-refractivity contribution in [3.63, 3.8) is 0 Å². The molecule has 2 heterocycles. The number of aromatic nitrogens is 2. The highest BCUT2D eigenvalue weighted by atomic mass is 35.5. The van der Waals surface area contributed by atoms with Crippen LogP contribution >= 0.6 is 23.2 Å².